The maximum absolute atomic E-state index is 13.1. The van der Waals surface area contributed by atoms with Crippen LogP contribution in [-0.4, -0.2) is 31.7 Å². The van der Waals surface area contributed by atoms with Crippen LogP contribution in [0.2, 0.25) is 0 Å². The second kappa shape index (κ2) is 5.50. The summed E-state index contributed by atoms with van der Waals surface area (Å²) in [7, 11) is 0. The zero-order valence-electron chi connectivity index (χ0n) is 13.0. The van der Waals surface area contributed by atoms with E-state index < -0.39 is 0 Å². The highest BCUT2D eigenvalue weighted by Crippen LogP contribution is 2.33. The van der Waals surface area contributed by atoms with Gasteiger partial charge in [-0.25, -0.2) is 4.98 Å². The van der Waals surface area contributed by atoms with Crippen molar-refractivity contribution in [2.24, 2.45) is 0 Å². The molecule has 0 saturated carbocycles. The first-order valence-corrected chi connectivity index (χ1v) is 7.95. The third kappa shape index (κ3) is 2.20. The van der Waals surface area contributed by atoms with Gasteiger partial charge in [-0.15, -0.1) is 0 Å². The molecule has 116 valence electrons. The maximum atomic E-state index is 13.1. The van der Waals surface area contributed by atoms with Crippen LogP contribution in [0.25, 0.3) is 5.65 Å². The van der Waals surface area contributed by atoms with Crippen molar-refractivity contribution in [3.8, 4) is 0 Å². The molecule has 0 aliphatic carbocycles. The van der Waals surface area contributed by atoms with Crippen molar-refractivity contribution < 1.29 is 4.79 Å². The minimum Gasteiger partial charge on any atom is -0.330 e. The number of imidazole rings is 1. The molecule has 3 heterocycles. The standard InChI is InChI=1S/C18H18N4O/c1-2-15-14-6-4-3-5-13(14)7-9-22(15)18(23)16-11-20-17-12-19-8-10-21(16)17/h3-6,8,10-12,15H,2,7,9H2,1H3. The van der Waals surface area contributed by atoms with Crippen molar-refractivity contribution in [1.29, 1.82) is 0 Å². The molecule has 4 rings (SSSR count). The van der Waals surface area contributed by atoms with Crippen molar-refractivity contribution >= 4 is 11.6 Å². The molecule has 1 amide bonds. The summed E-state index contributed by atoms with van der Waals surface area (Å²) in [5, 5.41) is 0. The molecular weight excluding hydrogens is 288 g/mol. The fourth-order valence-corrected chi connectivity index (χ4v) is 3.48. The van der Waals surface area contributed by atoms with Crippen LogP contribution < -0.4 is 0 Å². The molecule has 1 aliphatic heterocycles. The number of carbonyl (C=O) groups excluding carboxylic acids is 1. The number of carbonyl (C=O) groups is 1. The summed E-state index contributed by atoms with van der Waals surface area (Å²) < 4.78 is 1.81. The summed E-state index contributed by atoms with van der Waals surface area (Å²) in [5.74, 6) is 0.0325. The summed E-state index contributed by atoms with van der Waals surface area (Å²) in [6.07, 6.45) is 8.58. The highest BCUT2D eigenvalue weighted by atomic mass is 16.2. The number of hydrogen-bond acceptors (Lipinski definition) is 3. The lowest BCUT2D eigenvalue weighted by atomic mass is 9.91. The average Bonchev–Trinajstić information content (AvgIpc) is 3.04. The molecule has 1 atom stereocenters. The quantitative estimate of drug-likeness (QED) is 0.731. The second-order valence-electron chi connectivity index (χ2n) is 5.82. The van der Waals surface area contributed by atoms with Crippen LogP contribution in [0.4, 0.5) is 0 Å². The Morgan fingerprint density at radius 2 is 2.17 bits per heavy atom. The third-order valence-electron chi connectivity index (χ3n) is 4.60. The van der Waals surface area contributed by atoms with E-state index in [-0.39, 0.29) is 11.9 Å². The number of nitrogens with zero attached hydrogens (tertiary/aromatic N) is 4. The smallest absolute Gasteiger partial charge is 0.273 e. The molecule has 0 bridgehead atoms. The SMILES string of the molecule is CCC1c2ccccc2CCN1C(=O)c1cnc2cnccn12. The van der Waals surface area contributed by atoms with Crippen molar-refractivity contribution in [2.75, 3.05) is 6.54 Å². The molecule has 23 heavy (non-hydrogen) atoms. The average molecular weight is 306 g/mol. The Bertz CT molecular complexity index is 870. The van der Waals surface area contributed by atoms with Crippen LogP contribution in [0.15, 0.2) is 49.1 Å². The number of rotatable bonds is 2. The lowest BCUT2D eigenvalue weighted by molar-refractivity contribution is 0.0648. The molecule has 1 unspecified atom stereocenters. The predicted molar refractivity (Wildman–Crippen MR) is 87.2 cm³/mol. The maximum Gasteiger partial charge on any atom is 0.273 e. The zero-order valence-corrected chi connectivity index (χ0v) is 13.0. The molecule has 5 nitrogen and oxygen atoms in total. The number of aromatic nitrogens is 3. The summed E-state index contributed by atoms with van der Waals surface area (Å²) in [4.78, 5) is 23.4. The fourth-order valence-electron chi connectivity index (χ4n) is 3.48. The minimum absolute atomic E-state index is 0.0325. The Morgan fingerprint density at radius 3 is 3.04 bits per heavy atom. The van der Waals surface area contributed by atoms with Gasteiger partial charge in [-0.05, 0) is 24.0 Å². The highest BCUT2D eigenvalue weighted by Gasteiger charge is 2.31. The Hall–Kier alpha value is -2.69. The van der Waals surface area contributed by atoms with Crippen molar-refractivity contribution in [3.63, 3.8) is 0 Å². The van der Waals surface area contributed by atoms with Gasteiger partial charge in [0.05, 0.1) is 18.4 Å². The van der Waals surface area contributed by atoms with Gasteiger partial charge in [0.2, 0.25) is 0 Å². The number of fused-ring (bicyclic) bond motifs is 2. The van der Waals surface area contributed by atoms with Gasteiger partial charge in [0, 0.05) is 18.9 Å². The first-order valence-electron chi connectivity index (χ1n) is 7.95. The lowest BCUT2D eigenvalue weighted by Gasteiger charge is -2.36. The van der Waals surface area contributed by atoms with E-state index in [9.17, 15) is 4.79 Å². The van der Waals surface area contributed by atoms with Crippen LogP contribution in [0, 0.1) is 0 Å². The molecule has 2 aromatic heterocycles. The normalized spacial score (nSPS) is 17.3. The lowest BCUT2D eigenvalue weighted by Crippen LogP contribution is -2.40. The van der Waals surface area contributed by atoms with Crippen molar-refractivity contribution in [2.45, 2.75) is 25.8 Å². The number of hydrogen-bond donors (Lipinski definition) is 0. The topological polar surface area (TPSA) is 50.5 Å². The largest absolute Gasteiger partial charge is 0.330 e. The first-order chi connectivity index (χ1) is 11.3. The Balaban J connectivity index is 1.74. The molecular formula is C18H18N4O. The zero-order chi connectivity index (χ0) is 15.8. The molecule has 0 N–H and O–H groups in total. The van der Waals surface area contributed by atoms with E-state index in [0.717, 1.165) is 19.4 Å². The van der Waals surface area contributed by atoms with Gasteiger partial charge in [0.15, 0.2) is 5.65 Å². The molecule has 0 fully saturated rings. The molecule has 5 heteroatoms. The van der Waals surface area contributed by atoms with E-state index in [0.29, 0.717) is 11.3 Å². The Labute approximate surface area is 134 Å². The van der Waals surface area contributed by atoms with Gasteiger partial charge in [-0.1, -0.05) is 31.2 Å². The van der Waals surface area contributed by atoms with Crippen LogP contribution >= 0.6 is 0 Å². The van der Waals surface area contributed by atoms with Gasteiger partial charge in [0.1, 0.15) is 5.69 Å². The molecule has 1 aromatic carbocycles. The van der Waals surface area contributed by atoms with Crippen LogP contribution in [0.3, 0.4) is 0 Å². The van der Waals surface area contributed by atoms with Crippen molar-refractivity contribution in [1.82, 2.24) is 19.3 Å². The highest BCUT2D eigenvalue weighted by molar-refractivity contribution is 5.93. The van der Waals surface area contributed by atoms with E-state index in [4.69, 9.17) is 0 Å². The minimum atomic E-state index is 0.0325. The van der Waals surface area contributed by atoms with Crippen LogP contribution in [-0.2, 0) is 6.42 Å². The van der Waals surface area contributed by atoms with Crippen molar-refractivity contribution in [3.05, 3.63) is 65.9 Å². The van der Waals surface area contributed by atoms with Crippen LogP contribution in [0.1, 0.15) is 41.0 Å². The van der Waals surface area contributed by atoms with E-state index in [1.165, 1.54) is 11.1 Å². The number of benzene rings is 1. The Kier molecular flexibility index (Phi) is 3.33. The summed E-state index contributed by atoms with van der Waals surface area (Å²) in [5.41, 5.74) is 3.91. The van der Waals surface area contributed by atoms with Crippen LogP contribution in [0.5, 0.6) is 0 Å². The van der Waals surface area contributed by atoms with Gasteiger partial charge < -0.3 is 4.90 Å². The Morgan fingerprint density at radius 1 is 1.30 bits per heavy atom. The predicted octanol–water partition coefficient (Wildman–Crippen LogP) is 2.88. The van der Waals surface area contributed by atoms with Gasteiger partial charge in [0.25, 0.3) is 5.91 Å². The third-order valence-corrected chi connectivity index (χ3v) is 4.60. The molecule has 0 saturated heterocycles. The molecule has 0 spiro atoms. The van der Waals surface area contributed by atoms with E-state index in [2.05, 4.69) is 41.2 Å². The molecule has 3 aromatic rings. The number of amides is 1. The second-order valence-corrected chi connectivity index (χ2v) is 5.82. The monoisotopic (exact) mass is 306 g/mol. The van der Waals surface area contributed by atoms with E-state index >= 15 is 0 Å². The fraction of sp³-hybridized carbons (Fsp3) is 0.278. The van der Waals surface area contributed by atoms with Gasteiger partial charge >= 0.3 is 0 Å². The summed E-state index contributed by atoms with van der Waals surface area (Å²) in [6.45, 7) is 2.87. The molecule has 1 aliphatic rings. The first kappa shape index (κ1) is 13.9. The molecule has 0 radical (unpaired) electrons. The van der Waals surface area contributed by atoms with E-state index in [1.807, 2.05) is 9.30 Å². The summed E-state index contributed by atoms with van der Waals surface area (Å²) >= 11 is 0. The summed E-state index contributed by atoms with van der Waals surface area (Å²) in [6, 6.07) is 8.55. The van der Waals surface area contributed by atoms with Gasteiger partial charge in [-0.3, -0.25) is 14.2 Å². The van der Waals surface area contributed by atoms with E-state index in [1.54, 1.807) is 24.8 Å². The van der Waals surface area contributed by atoms with Gasteiger partial charge in [-0.2, -0.15) is 0 Å².